The fourth-order valence-corrected chi connectivity index (χ4v) is 4.92. The average Bonchev–Trinajstić information content (AvgIpc) is 3.43. The van der Waals surface area contributed by atoms with Crippen LogP contribution < -0.4 is 0 Å². The number of aliphatic hydroxyl groups is 3. The number of allylic oxidation sites excluding steroid dienone is 16. The van der Waals surface area contributed by atoms with Crippen LogP contribution in [0.1, 0.15) is 142 Å². The maximum absolute atomic E-state index is 11.7. The first kappa shape index (κ1) is 50.6. The van der Waals surface area contributed by atoms with Crippen LogP contribution in [-0.2, 0) is 23.9 Å². The predicted octanol–water partition coefficient (Wildman–Crippen LogP) is 11.5. The maximum Gasteiger partial charge on any atom is 0.377 e. The van der Waals surface area contributed by atoms with E-state index in [1.54, 1.807) is 0 Å². The molecule has 0 amide bonds. The molecule has 55 heavy (non-hydrogen) atoms. The van der Waals surface area contributed by atoms with E-state index in [0.29, 0.717) is 6.42 Å². The van der Waals surface area contributed by atoms with E-state index in [2.05, 4.69) is 104 Å². The van der Waals surface area contributed by atoms with Crippen molar-refractivity contribution in [2.24, 2.45) is 0 Å². The number of unbranched alkanes of at least 4 members (excludes halogenated alkanes) is 8. The monoisotopic (exact) mass is 767 g/mol. The number of ether oxygens (including phenoxy) is 2. The molecule has 9 heteroatoms. The van der Waals surface area contributed by atoms with Crippen LogP contribution >= 0.6 is 0 Å². The van der Waals surface area contributed by atoms with E-state index in [0.717, 1.165) is 57.8 Å². The molecule has 0 unspecified atom stereocenters. The lowest BCUT2D eigenvalue weighted by Crippen LogP contribution is -2.33. The van der Waals surface area contributed by atoms with Crippen LogP contribution in [-0.4, -0.2) is 57.1 Å². The van der Waals surface area contributed by atoms with E-state index in [1.807, 2.05) is 12.2 Å². The van der Waals surface area contributed by atoms with Gasteiger partial charge in [-0.15, -0.1) is 0 Å². The molecule has 9 nitrogen and oxygen atoms in total. The lowest BCUT2D eigenvalue weighted by molar-refractivity contribution is -0.154. The summed E-state index contributed by atoms with van der Waals surface area (Å²) in [6.07, 6.45) is 50.9. The standard InChI is InChI=1S/C26H38O7.C20H32O2/c1-2-3-4-5-6-7-8-9-10-11-12-13-14-15-16-17-18-19-22(28)32-20-21(27)25-23(29)24(30)26(31)33-25;1-2-3-4-5-6-7-8-9-10-11-12-13-14-15-16-17-18-19-20(21)22/h6-7,9-10,12-13,15-16,21,25,27,29-30H,2-5,8,11,14,17-20H2,1H3;6-7,9-10,12-13,15-16H,2-5,8,11,14,17-19H2,1H3,(H,21,22)/b2*7-6-,10-9-,13-12-,16-15-/t21-,25+;/m0./s1. The van der Waals surface area contributed by atoms with Gasteiger partial charge in [-0.25, -0.2) is 4.79 Å². The van der Waals surface area contributed by atoms with Crippen molar-refractivity contribution in [3.8, 4) is 0 Å². The number of carboxylic acids is 1. The Hall–Kier alpha value is -4.37. The Balaban J connectivity index is 0.00000115. The van der Waals surface area contributed by atoms with Crippen LogP contribution in [0.2, 0.25) is 0 Å². The fourth-order valence-electron chi connectivity index (χ4n) is 4.92. The Morgan fingerprint density at radius 2 is 0.964 bits per heavy atom. The van der Waals surface area contributed by atoms with E-state index in [9.17, 15) is 29.7 Å². The van der Waals surface area contributed by atoms with Gasteiger partial charge >= 0.3 is 17.9 Å². The van der Waals surface area contributed by atoms with Gasteiger partial charge in [0.25, 0.3) is 0 Å². The third-order valence-electron chi connectivity index (χ3n) is 8.13. The summed E-state index contributed by atoms with van der Waals surface area (Å²) in [6.45, 7) is 4.00. The Morgan fingerprint density at radius 1 is 0.600 bits per heavy atom. The van der Waals surface area contributed by atoms with Crippen molar-refractivity contribution < 1.29 is 44.3 Å². The Bertz CT molecular complexity index is 1280. The molecule has 0 saturated carbocycles. The van der Waals surface area contributed by atoms with Crippen molar-refractivity contribution in [1.29, 1.82) is 0 Å². The van der Waals surface area contributed by atoms with Gasteiger partial charge in [-0.05, 0) is 89.9 Å². The van der Waals surface area contributed by atoms with Crippen molar-refractivity contribution in [3.05, 3.63) is 109 Å². The zero-order valence-electron chi connectivity index (χ0n) is 33.6. The molecule has 308 valence electrons. The fraction of sp³-hybridized carbons (Fsp3) is 0.543. The molecule has 0 saturated heterocycles. The van der Waals surface area contributed by atoms with Gasteiger partial charge in [-0.3, -0.25) is 9.59 Å². The smallest absolute Gasteiger partial charge is 0.377 e. The van der Waals surface area contributed by atoms with Crippen LogP contribution in [0.5, 0.6) is 0 Å². The second kappa shape index (κ2) is 37.9. The summed E-state index contributed by atoms with van der Waals surface area (Å²) in [5, 5.41) is 37.0. The predicted molar refractivity (Wildman–Crippen MR) is 224 cm³/mol. The summed E-state index contributed by atoms with van der Waals surface area (Å²) < 4.78 is 9.52. The number of cyclic esters (lactones) is 1. The normalized spacial score (nSPS) is 15.6. The van der Waals surface area contributed by atoms with Crippen molar-refractivity contribution in [2.45, 2.75) is 154 Å². The molecule has 4 N–H and O–H groups in total. The molecule has 0 aliphatic carbocycles. The number of hydrogen-bond donors (Lipinski definition) is 4. The molecular weight excluding hydrogens is 696 g/mol. The summed E-state index contributed by atoms with van der Waals surface area (Å²) in [5.74, 6) is -4.03. The largest absolute Gasteiger partial charge is 0.505 e. The Kier molecular flexibility index (Phi) is 34.9. The van der Waals surface area contributed by atoms with Gasteiger partial charge in [-0.1, -0.05) is 137 Å². The SMILES string of the molecule is CCCCC/C=C\C/C=C\C/C=C\C/C=C\CCCC(=O)O.CCCCC/C=C\C/C=C\C/C=C\C/C=C\CCCC(=O)OC[C@H](O)[C@H]1OC(=O)C(O)=C1O. The van der Waals surface area contributed by atoms with Gasteiger partial charge in [0.15, 0.2) is 11.9 Å². The van der Waals surface area contributed by atoms with Crippen LogP contribution in [0, 0.1) is 0 Å². The van der Waals surface area contributed by atoms with Crippen LogP contribution in [0.15, 0.2) is 109 Å². The molecule has 1 heterocycles. The van der Waals surface area contributed by atoms with Gasteiger partial charge in [0.2, 0.25) is 5.76 Å². The summed E-state index contributed by atoms with van der Waals surface area (Å²) in [5.41, 5.74) is 0. The van der Waals surface area contributed by atoms with Gasteiger partial charge in [0.05, 0.1) is 0 Å². The third-order valence-corrected chi connectivity index (χ3v) is 8.13. The summed E-state index contributed by atoms with van der Waals surface area (Å²) in [7, 11) is 0. The molecule has 0 aromatic heterocycles. The van der Waals surface area contributed by atoms with Gasteiger partial charge in [0, 0.05) is 12.8 Å². The number of rotatable bonds is 31. The molecule has 0 aromatic carbocycles. The lowest BCUT2D eigenvalue weighted by atomic mass is 10.2. The average molecular weight is 767 g/mol. The quantitative estimate of drug-likeness (QED) is 0.0307. The topological polar surface area (TPSA) is 151 Å². The van der Waals surface area contributed by atoms with Crippen molar-refractivity contribution in [1.82, 2.24) is 0 Å². The minimum atomic E-state index is -1.45. The molecule has 1 aliphatic rings. The molecule has 1 aliphatic heterocycles. The van der Waals surface area contributed by atoms with Gasteiger partial charge in [0.1, 0.15) is 12.7 Å². The van der Waals surface area contributed by atoms with Gasteiger partial charge in [-0.2, -0.15) is 0 Å². The molecule has 0 aromatic rings. The Labute approximate surface area is 331 Å². The molecular formula is C46H70O9. The number of carbonyl (C=O) groups excluding carboxylic acids is 2. The first-order valence-corrected chi connectivity index (χ1v) is 20.3. The van der Waals surface area contributed by atoms with E-state index in [1.165, 1.54) is 51.4 Å². The van der Waals surface area contributed by atoms with Crippen LogP contribution in [0.4, 0.5) is 0 Å². The molecule has 0 spiro atoms. The number of esters is 2. The van der Waals surface area contributed by atoms with E-state index in [-0.39, 0.29) is 12.8 Å². The number of hydrogen-bond acceptors (Lipinski definition) is 8. The second-order valence-electron chi connectivity index (χ2n) is 13.2. The van der Waals surface area contributed by atoms with Gasteiger partial charge < -0.3 is 29.9 Å². The zero-order valence-corrected chi connectivity index (χ0v) is 33.6. The van der Waals surface area contributed by atoms with Crippen LogP contribution in [0.25, 0.3) is 0 Å². The second-order valence-corrected chi connectivity index (χ2v) is 13.2. The van der Waals surface area contributed by atoms with Crippen LogP contribution in [0.3, 0.4) is 0 Å². The number of aliphatic carboxylic acids is 1. The summed E-state index contributed by atoms with van der Waals surface area (Å²) >= 11 is 0. The highest BCUT2D eigenvalue weighted by molar-refractivity contribution is 5.89. The molecule has 1 rings (SSSR count). The first-order valence-electron chi connectivity index (χ1n) is 20.3. The van der Waals surface area contributed by atoms with E-state index >= 15 is 0 Å². The minimum Gasteiger partial charge on any atom is -0.505 e. The number of carbonyl (C=O) groups is 3. The maximum atomic E-state index is 11.7. The first-order chi connectivity index (χ1) is 26.7. The summed E-state index contributed by atoms with van der Waals surface area (Å²) in [6, 6.07) is 0. The van der Waals surface area contributed by atoms with Crippen molar-refractivity contribution in [2.75, 3.05) is 6.61 Å². The van der Waals surface area contributed by atoms with Crippen molar-refractivity contribution in [3.63, 3.8) is 0 Å². The molecule has 2 atom stereocenters. The Morgan fingerprint density at radius 3 is 1.31 bits per heavy atom. The molecule has 0 radical (unpaired) electrons. The number of aliphatic hydroxyl groups excluding tert-OH is 3. The summed E-state index contributed by atoms with van der Waals surface area (Å²) in [4.78, 5) is 33.1. The van der Waals surface area contributed by atoms with E-state index in [4.69, 9.17) is 9.84 Å². The number of carboxylic acid groups (broad SMARTS) is 1. The minimum absolute atomic E-state index is 0.183. The highest BCUT2D eigenvalue weighted by Crippen LogP contribution is 2.21. The molecule has 0 bridgehead atoms. The highest BCUT2D eigenvalue weighted by atomic mass is 16.6. The highest BCUT2D eigenvalue weighted by Gasteiger charge is 2.39. The zero-order chi connectivity index (χ0) is 40.6. The molecule has 0 fully saturated rings. The van der Waals surface area contributed by atoms with Crippen molar-refractivity contribution >= 4 is 17.9 Å². The third kappa shape index (κ3) is 32.8. The lowest BCUT2D eigenvalue weighted by Gasteiger charge is -2.17. The van der Waals surface area contributed by atoms with E-state index < -0.39 is 48.2 Å².